The topological polar surface area (TPSA) is 66.9 Å². The summed E-state index contributed by atoms with van der Waals surface area (Å²) in [4.78, 5) is 15.9. The zero-order chi connectivity index (χ0) is 16.4. The van der Waals surface area contributed by atoms with Gasteiger partial charge in [0.25, 0.3) is 0 Å². The first kappa shape index (κ1) is 18.1. The van der Waals surface area contributed by atoms with Gasteiger partial charge >= 0.3 is 5.97 Å². The van der Waals surface area contributed by atoms with Gasteiger partial charge in [-0.15, -0.1) is 0 Å². The second-order valence-corrected chi connectivity index (χ2v) is 4.38. The minimum atomic E-state index is -0.362. The summed E-state index contributed by atoms with van der Waals surface area (Å²) in [5, 5.41) is 0. The number of nitrogens with zero attached hydrogens (tertiary/aromatic N) is 1. The van der Waals surface area contributed by atoms with Crippen LogP contribution in [-0.2, 0) is 25.6 Å². The standard InChI is InChI=1S/C16H23NO5/c1-5-12(9-15(18)22-6-2)13-7-8-17-16(20-4)14(13)10-21-11-19-3/h7-9H,5-6,10-11H2,1-4H3. The summed E-state index contributed by atoms with van der Waals surface area (Å²) in [6.45, 7) is 4.53. The second-order valence-electron chi connectivity index (χ2n) is 4.38. The fourth-order valence-electron chi connectivity index (χ4n) is 2.01. The Morgan fingerprint density at radius 2 is 2.09 bits per heavy atom. The van der Waals surface area contributed by atoms with Crippen molar-refractivity contribution in [1.29, 1.82) is 0 Å². The number of aromatic nitrogens is 1. The average molecular weight is 309 g/mol. The number of carbonyl (C=O) groups excluding carboxylic acids is 1. The van der Waals surface area contributed by atoms with Crippen LogP contribution in [0.5, 0.6) is 5.88 Å². The Morgan fingerprint density at radius 1 is 1.32 bits per heavy atom. The van der Waals surface area contributed by atoms with E-state index in [0.717, 1.165) is 16.7 Å². The Labute approximate surface area is 131 Å². The second kappa shape index (κ2) is 9.92. The summed E-state index contributed by atoms with van der Waals surface area (Å²) in [5.41, 5.74) is 2.48. The zero-order valence-corrected chi connectivity index (χ0v) is 13.5. The SMILES string of the molecule is CCOC(=O)C=C(CC)c1ccnc(OC)c1COCOC. The number of hydrogen-bond donors (Lipinski definition) is 0. The normalized spacial score (nSPS) is 11.4. The van der Waals surface area contributed by atoms with Gasteiger partial charge in [-0.25, -0.2) is 9.78 Å². The summed E-state index contributed by atoms with van der Waals surface area (Å²) in [6, 6.07) is 1.84. The molecule has 0 aliphatic heterocycles. The van der Waals surface area contributed by atoms with Crippen LogP contribution in [0.25, 0.3) is 5.57 Å². The van der Waals surface area contributed by atoms with Crippen molar-refractivity contribution in [3.05, 3.63) is 29.5 Å². The quantitative estimate of drug-likeness (QED) is 0.302. The maximum absolute atomic E-state index is 11.7. The molecule has 0 saturated carbocycles. The van der Waals surface area contributed by atoms with Gasteiger partial charge in [0.15, 0.2) is 0 Å². The molecule has 0 spiro atoms. The fourth-order valence-corrected chi connectivity index (χ4v) is 2.01. The summed E-state index contributed by atoms with van der Waals surface area (Å²) >= 11 is 0. The van der Waals surface area contributed by atoms with Crippen LogP contribution in [0.1, 0.15) is 31.4 Å². The smallest absolute Gasteiger partial charge is 0.331 e. The van der Waals surface area contributed by atoms with Crippen molar-refractivity contribution in [2.24, 2.45) is 0 Å². The fraction of sp³-hybridized carbons (Fsp3) is 0.500. The molecule has 6 nitrogen and oxygen atoms in total. The van der Waals surface area contributed by atoms with Crippen LogP contribution in [0.4, 0.5) is 0 Å². The number of allylic oxidation sites excluding steroid dienone is 1. The van der Waals surface area contributed by atoms with E-state index in [1.165, 1.54) is 6.08 Å². The van der Waals surface area contributed by atoms with Crippen molar-refractivity contribution in [3.63, 3.8) is 0 Å². The van der Waals surface area contributed by atoms with Gasteiger partial charge in [-0.1, -0.05) is 6.92 Å². The molecule has 22 heavy (non-hydrogen) atoms. The molecule has 0 amide bonds. The molecule has 1 heterocycles. The zero-order valence-electron chi connectivity index (χ0n) is 13.5. The number of carbonyl (C=O) groups is 1. The van der Waals surface area contributed by atoms with E-state index >= 15 is 0 Å². The molecule has 0 saturated heterocycles. The minimum Gasteiger partial charge on any atom is -0.481 e. The molecule has 122 valence electrons. The minimum absolute atomic E-state index is 0.167. The lowest BCUT2D eigenvalue weighted by Crippen LogP contribution is -2.06. The number of esters is 1. The van der Waals surface area contributed by atoms with E-state index in [1.807, 2.05) is 13.0 Å². The molecule has 0 N–H and O–H groups in total. The highest BCUT2D eigenvalue weighted by molar-refractivity contribution is 5.91. The summed E-state index contributed by atoms with van der Waals surface area (Å²) < 4.78 is 20.6. The van der Waals surface area contributed by atoms with Gasteiger partial charge < -0.3 is 18.9 Å². The maximum Gasteiger partial charge on any atom is 0.331 e. The van der Waals surface area contributed by atoms with Crippen molar-refractivity contribution in [1.82, 2.24) is 4.98 Å². The predicted octanol–water partition coefficient (Wildman–Crippen LogP) is 2.57. The lowest BCUT2D eigenvalue weighted by atomic mass is 9.99. The first-order chi connectivity index (χ1) is 10.7. The Kier molecular flexibility index (Phi) is 8.17. The van der Waals surface area contributed by atoms with Crippen LogP contribution in [0.2, 0.25) is 0 Å². The molecular formula is C16H23NO5. The molecule has 1 rings (SSSR count). The Bertz CT molecular complexity index is 513. The first-order valence-corrected chi connectivity index (χ1v) is 7.14. The molecule has 1 aromatic heterocycles. The third-order valence-electron chi connectivity index (χ3n) is 2.96. The summed E-state index contributed by atoms with van der Waals surface area (Å²) in [5.74, 6) is 0.107. The number of methoxy groups -OCH3 is 2. The summed E-state index contributed by atoms with van der Waals surface area (Å²) in [7, 11) is 3.10. The van der Waals surface area contributed by atoms with Crippen LogP contribution in [0, 0.1) is 0 Å². The molecule has 0 aliphatic carbocycles. The Balaban J connectivity index is 3.16. The van der Waals surface area contributed by atoms with Gasteiger partial charge in [0.2, 0.25) is 5.88 Å². The van der Waals surface area contributed by atoms with E-state index in [2.05, 4.69) is 4.98 Å². The largest absolute Gasteiger partial charge is 0.481 e. The highest BCUT2D eigenvalue weighted by atomic mass is 16.7. The average Bonchev–Trinajstić information content (AvgIpc) is 2.53. The molecule has 0 radical (unpaired) electrons. The third kappa shape index (κ3) is 5.13. The molecule has 0 bridgehead atoms. The van der Waals surface area contributed by atoms with Crippen molar-refractivity contribution >= 4 is 11.5 Å². The molecule has 0 aliphatic rings. The van der Waals surface area contributed by atoms with Crippen LogP contribution in [0.15, 0.2) is 18.3 Å². The van der Waals surface area contributed by atoms with Crippen LogP contribution < -0.4 is 4.74 Å². The van der Waals surface area contributed by atoms with Crippen molar-refractivity contribution in [2.75, 3.05) is 27.6 Å². The van der Waals surface area contributed by atoms with Crippen molar-refractivity contribution in [3.8, 4) is 5.88 Å². The van der Waals surface area contributed by atoms with Crippen LogP contribution >= 0.6 is 0 Å². The third-order valence-corrected chi connectivity index (χ3v) is 2.96. The van der Waals surface area contributed by atoms with Crippen molar-refractivity contribution < 1.29 is 23.7 Å². The number of pyridine rings is 1. The maximum atomic E-state index is 11.7. The van der Waals surface area contributed by atoms with Gasteiger partial charge in [-0.3, -0.25) is 0 Å². The molecule has 1 aromatic rings. The van der Waals surface area contributed by atoms with Gasteiger partial charge in [-0.2, -0.15) is 0 Å². The van der Waals surface area contributed by atoms with Crippen LogP contribution in [0.3, 0.4) is 0 Å². The van der Waals surface area contributed by atoms with Crippen molar-refractivity contribution in [2.45, 2.75) is 26.9 Å². The van der Waals surface area contributed by atoms with Gasteiger partial charge in [0.1, 0.15) is 6.79 Å². The number of rotatable bonds is 9. The van der Waals surface area contributed by atoms with Gasteiger partial charge in [-0.05, 0) is 30.5 Å². The van der Waals surface area contributed by atoms with E-state index in [1.54, 1.807) is 27.3 Å². The number of ether oxygens (including phenoxy) is 4. The van der Waals surface area contributed by atoms with Crippen LogP contribution in [-0.4, -0.2) is 38.6 Å². The monoisotopic (exact) mass is 309 g/mol. The van der Waals surface area contributed by atoms with E-state index in [-0.39, 0.29) is 19.4 Å². The highest BCUT2D eigenvalue weighted by Gasteiger charge is 2.14. The molecular weight excluding hydrogens is 286 g/mol. The van der Waals surface area contributed by atoms with E-state index in [9.17, 15) is 4.79 Å². The number of hydrogen-bond acceptors (Lipinski definition) is 6. The van der Waals surface area contributed by atoms with Gasteiger partial charge in [0, 0.05) is 24.9 Å². The first-order valence-electron chi connectivity index (χ1n) is 7.14. The molecule has 0 aromatic carbocycles. The molecule has 0 fully saturated rings. The summed E-state index contributed by atoms with van der Waals surface area (Å²) in [6.07, 6.45) is 3.81. The molecule has 0 atom stereocenters. The Hall–Kier alpha value is -1.92. The predicted molar refractivity (Wildman–Crippen MR) is 82.4 cm³/mol. The van der Waals surface area contributed by atoms with E-state index < -0.39 is 0 Å². The van der Waals surface area contributed by atoms with E-state index in [0.29, 0.717) is 18.9 Å². The van der Waals surface area contributed by atoms with Gasteiger partial charge in [0.05, 0.1) is 20.3 Å². The highest BCUT2D eigenvalue weighted by Crippen LogP contribution is 2.28. The molecule has 6 heteroatoms. The Morgan fingerprint density at radius 3 is 2.68 bits per heavy atom. The lowest BCUT2D eigenvalue weighted by molar-refractivity contribution is -0.137. The molecule has 0 unspecified atom stereocenters. The lowest BCUT2D eigenvalue weighted by Gasteiger charge is -2.14. The van der Waals surface area contributed by atoms with E-state index in [4.69, 9.17) is 18.9 Å².